The highest BCUT2D eigenvalue weighted by Crippen LogP contribution is 2.49. The summed E-state index contributed by atoms with van der Waals surface area (Å²) < 4.78 is 41.3. The lowest BCUT2D eigenvalue weighted by Crippen LogP contribution is -2.63. The molecule has 3 unspecified atom stereocenters. The largest absolute Gasteiger partial charge is 0.495 e. The number of likely N-dealkylation sites (tertiary alicyclic amines) is 1. The van der Waals surface area contributed by atoms with E-state index in [-0.39, 0.29) is 79.9 Å². The molecule has 470 valence electrons. The number of carbonyl (C=O) groups excluding carboxylic acids is 9. The Morgan fingerprint density at radius 2 is 1.74 bits per heavy atom. The number of nitrogens with zero attached hydrogens (tertiary/aromatic N) is 5. The molecule has 1 aromatic rings. The van der Waals surface area contributed by atoms with Crippen LogP contribution in [0.3, 0.4) is 0 Å². The number of hydrogen-bond donors (Lipinski definition) is 3. The van der Waals surface area contributed by atoms with Crippen LogP contribution in [-0.2, 0) is 63.6 Å². The molecule has 1 aliphatic carbocycles. The number of benzene rings is 1. The van der Waals surface area contributed by atoms with Crippen molar-refractivity contribution in [1.29, 1.82) is 0 Å². The van der Waals surface area contributed by atoms with Crippen LogP contribution in [0.25, 0.3) is 0 Å². The molecule has 4 bridgehead atoms. The third kappa shape index (κ3) is 17.6. The summed E-state index contributed by atoms with van der Waals surface area (Å²) in [5, 5.41) is 16.5. The van der Waals surface area contributed by atoms with Crippen LogP contribution in [0.2, 0.25) is 5.02 Å². The Bertz CT molecular complexity index is 2740. The third-order valence-corrected chi connectivity index (χ3v) is 18.4. The average molecular weight is 1250 g/mol. The Kier molecular flexibility index (Phi) is 24.6. The topological polar surface area (TPSA) is 282 Å². The first-order valence-electron chi connectivity index (χ1n) is 28.3. The van der Waals surface area contributed by atoms with Gasteiger partial charge in [0.2, 0.25) is 29.5 Å². The Balaban J connectivity index is 1.02. The van der Waals surface area contributed by atoms with E-state index in [0.29, 0.717) is 24.3 Å². The van der Waals surface area contributed by atoms with Crippen LogP contribution in [0.15, 0.2) is 48.1 Å². The fourth-order valence-corrected chi connectivity index (χ4v) is 12.2. The van der Waals surface area contributed by atoms with E-state index in [0.717, 1.165) is 47.1 Å². The van der Waals surface area contributed by atoms with Gasteiger partial charge in [0.1, 0.15) is 53.4 Å². The molecule has 0 aromatic heterocycles. The minimum atomic E-state index is -1.90. The number of amides is 8. The number of esters is 1. The molecule has 85 heavy (non-hydrogen) atoms. The average Bonchev–Trinajstić information content (AvgIpc) is 1.98. The monoisotopic (exact) mass is 1250 g/mol. The molecule has 3 fully saturated rings. The number of methoxy groups -OCH3 is 2. The quantitative estimate of drug-likeness (QED) is 0.0524. The maximum absolute atomic E-state index is 14.4. The molecule has 4 heterocycles. The first-order chi connectivity index (χ1) is 40.2. The van der Waals surface area contributed by atoms with E-state index in [1.807, 2.05) is 19.1 Å². The summed E-state index contributed by atoms with van der Waals surface area (Å²) in [4.78, 5) is 126. The van der Waals surface area contributed by atoms with Crippen LogP contribution in [0.5, 0.6) is 5.75 Å². The molecule has 5 aliphatic rings. The van der Waals surface area contributed by atoms with Gasteiger partial charge in [0.05, 0.1) is 36.7 Å². The van der Waals surface area contributed by atoms with E-state index in [1.165, 1.54) is 73.6 Å². The maximum atomic E-state index is 14.4. The van der Waals surface area contributed by atoms with Gasteiger partial charge < -0.3 is 63.2 Å². The lowest BCUT2D eigenvalue weighted by molar-refractivity contribution is -0.162. The summed E-state index contributed by atoms with van der Waals surface area (Å²) in [5.41, 5.74) is -1.25. The van der Waals surface area contributed by atoms with Crippen LogP contribution >= 0.6 is 35.1 Å². The summed E-state index contributed by atoms with van der Waals surface area (Å²) in [6.07, 6.45) is 6.44. The number of thioether (sulfide) groups is 2. The van der Waals surface area contributed by atoms with E-state index >= 15 is 0 Å². The number of alkyl carbamates (subject to hydrolysis) is 1. The van der Waals surface area contributed by atoms with Gasteiger partial charge in [-0.1, -0.05) is 66.6 Å². The zero-order valence-electron chi connectivity index (χ0n) is 50.3. The van der Waals surface area contributed by atoms with E-state index in [4.69, 9.17) is 44.8 Å². The Morgan fingerprint density at radius 3 is 2.44 bits per heavy atom. The Labute approximate surface area is 510 Å². The molecule has 6 rings (SSSR count). The van der Waals surface area contributed by atoms with Crippen molar-refractivity contribution < 1.29 is 81.4 Å². The number of aliphatic hydroxyl groups is 1. The van der Waals surface area contributed by atoms with Crippen molar-refractivity contribution in [2.75, 3.05) is 92.1 Å². The standard InChI is InChI=1S/C58H82ClN7O17S2/c1-34-17-16-20-44(78-10)58(76)32-42(80-54(73)61-58)35(2)51-57(4,83-51)45(31-48(69)65(8)38-28-37(27-34)29-41(77-9)50(38)59)82-53(72)36(3)64(7)47(68)21-26-85-56(75)63(6)25-24-62(5)55(74)81-40-19-15-13-12-14-18-39(40)79-33-46(67)60-22-23-66-49(70)30-43(84-11)52(66)71/h15-17,19-20,28-29,35-36,39-40,42-45,51,76H,12-14,18,21-27,30-33H2,1-11H3,(H,60,67)(H,61,73)/b19-15+,20-16+,34-17+/t35-,36+,39?,40?,42+,43?,44-,45+,51+,57+,58+/m1/s1. The molecule has 0 saturated carbocycles. The molecule has 4 aliphatic heterocycles. The second-order valence-electron chi connectivity index (χ2n) is 22.2. The number of ether oxygens (including phenoxy) is 7. The summed E-state index contributed by atoms with van der Waals surface area (Å²) >= 11 is 9.02. The predicted molar refractivity (Wildman–Crippen MR) is 318 cm³/mol. The number of epoxide rings is 1. The first-order valence-corrected chi connectivity index (χ1v) is 31.0. The highest BCUT2D eigenvalue weighted by Gasteiger charge is 2.64. The molecule has 3 N–H and O–H groups in total. The number of halogens is 1. The maximum Gasteiger partial charge on any atom is 0.410 e. The Morgan fingerprint density at radius 1 is 1.01 bits per heavy atom. The van der Waals surface area contributed by atoms with Gasteiger partial charge in [-0.15, -0.1) is 0 Å². The van der Waals surface area contributed by atoms with Crippen LogP contribution in [0.1, 0.15) is 84.6 Å². The van der Waals surface area contributed by atoms with Crippen molar-refractivity contribution in [1.82, 2.24) is 30.2 Å². The van der Waals surface area contributed by atoms with Gasteiger partial charge in [-0.05, 0) is 76.5 Å². The SMILES string of the molecule is COc1cc2cc(c1Cl)N(C)C(=O)C[C@H](OC(=O)[C@H](C)N(C)C(=O)CCSC(=O)N(C)CCN(C)C(=O)OC1/C=C/CCCCC1OCC(=O)NCCN1C(=O)CC(SC)C1=O)[C@]1(C)O[C@H]1[C@H](C)[C@@H]1C[C@@](O)(NC(=O)O1)[C@H](OC)/C=C/C=C(\C)C2. The molecular weight excluding hydrogens is 1170 g/mol. The normalized spacial score (nSPS) is 28.8. The summed E-state index contributed by atoms with van der Waals surface area (Å²) in [5.74, 6) is -3.08. The van der Waals surface area contributed by atoms with Gasteiger partial charge in [-0.25, -0.2) is 14.4 Å². The van der Waals surface area contributed by atoms with Crippen LogP contribution < -0.4 is 20.3 Å². The number of likely N-dealkylation sites (N-methyl/N-ethyl adjacent to an activating group) is 3. The van der Waals surface area contributed by atoms with E-state index in [1.54, 1.807) is 57.5 Å². The van der Waals surface area contributed by atoms with Gasteiger partial charge in [0, 0.05) is 92.4 Å². The summed E-state index contributed by atoms with van der Waals surface area (Å²) in [6, 6.07) is 2.35. The molecular formula is C58H82ClN7O17S2. The number of nitrogens with one attached hydrogen (secondary N) is 2. The summed E-state index contributed by atoms with van der Waals surface area (Å²) in [6.45, 7) is 6.80. The second-order valence-corrected chi connectivity index (χ2v) is 24.6. The number of anilines is 1. The second kappa shape index (κ2) is 30.6. The zero-order chi connectivity index (χ0) is 62.5. The van der Waals surface area contributed by atoms with E-state index in [2.05, 4.69) is 10.6 Å². The van der Waals surface area contributed by atoms with E-state index < -0.39 is 107 Å². The lowest BCUT2D eigenvalue weighted by Gasteiger charge is -2.42. The molecule has 0 radical (unpaired) electrons. The van der Waals surface area contributed by atoms with E-state index in [9.17, 15) is 48.3 Å². The van der Waals surface area contributed by atoms with Gasteiger partial charge in [-0.3, -0.25) is 39.0 Å². The number of rotatable bonds is 19. The highest BCUT2D eigenvalue weighted by molar-refractivity contribution is 8.13. The van der Waals surface area contributed by atoms with Crippen LogP contribution in [0, 0.1) is 5.92 Å². The van der Waals surface area contributed by atoms with Crippen molar-refractivity contribution >= 4 is 93.7 Å². The van der Waals surface area contributed by atoms with Gasteiger partial charge in [-0.2, -0.15) is 11.8 Å². The number of allylic oxidation sites excluding steroid dienone is 4. The number of hydrogen-bond acceptors (Lipinski definition) is 19. The van der Waals surface area contributed by atoms with Crippen molar-refractivity contribution in [2.24, 2.45) is 5.92 Å². The first kappa shape index (κ1) is 68.2. The van der Waals surface area contributed by atoms with Crippen molar-refractivity contribution in [2.45, 2.75) is 145 Å². The van der Waals surface area contributed by atoms with Crippen molar-refractivity contribution in [3.05, 3.63) is 58.7 Å². The lowest BCUT2D eigenvalue weighted by atomic mass is 9.83. The van der Waals surface area contributed by atoms with Crippen molar-refractivity contribution in [3.63, 3.8) is 0 Å². The third-order valence-electron chi connectivity index (χ3n) is 16.1. The van der Waals surface area contributed by atoms with Crippen molar-refractivity contribution in [3.8, 4) is 5.75 Å². The molecule has 3 saturated heterocycles. The molecule has 0 spiro atoms. The molecule has 8 amide bonds. The molecule has 27 heteroatoms. The van der Waals surface area contributed by atoms with Gasteiger partial charge in [0.25, 0.3) is 5.24 Å². The number of fused-ring (bicyclic) bond motifs is 5. The minimum Gasteiger partial charge on any atom is -0.495 e. The Hall–Kier alpha value is -5.90. The van der Waals surface area contributed by atoms with Gasteiger partial charge in [0.15, 0.2) is 5.72 Å². The summed E-state index contributed by atoms with van der Waals surface area (Å²) in [7, 11) is 8.91. The van der Waals surface area contributed by atoms with Gasteiger partial charge >= 0.3 is 18.2 Å². The fraction of sp³-hybridized carbons (Fsp3) is 0.638. The zero-order valence-corrected chi connectivity index (χ0v) is 52.6. The number of carbonyl (C=O) groups is 9. The molecule has 1 aromatic carbocycles. The fourth-order valence-electron chi connectivity index (χ4n) is 10.5. The molecule has 11 atom stereocenters. The van der Waals surface area contributed by atoms with Crippen LogP contribution in [-0.4, -0.2) is 224 Å². The molecule has 24 nitrogen and oxygen atoms in total. The predicted octanol–water partition coefficient (Wildman–Crippen LogP) is 5.25. The van der Waals surface area contributed by atoms with Crippen LogP contribution in [0.4, 0.5) is 20.1 Å². The smallest absolute Gasteiger partial charge is 0.410 e. The number of imide groups is 1. The minimum absolute atomic E-state index is 0.0486. The highest BCUT2D eigenvalue weighted by atomic mass is 35.5.